The summed E-state index contributed by atoms with van der Waals surface area (Å²) in [5.74, 6) is 0. The Balaban J connectivity index is 0. The molecule has 0 aromatic heterocycles. The fraction of sp³-hybridized carbons (Fsp3) is 1.00. The van der Waals surface area contributed by atoms with Crippen LogP contribution in [0.1, 0.15) is 0 Å². The molecule has 5 nitrogen and oxygen atoms in total. The summed E-state index contributed by atoms with van der Waals surface area (Å²) >= 11 is 0. The molecule has 0 amide bonds. The first-order chi connectivity index (χ1) is 3.56. The summed E-state index contributed by atoms with van der Waals surface area (Å²) in [7, 11) is -4.34. The number of hydrogen-bond donors (Lipinski definition) is 3. The summed E-state index contributed by atoms with van der Waals surface area (Å²) in [4.78, 5) is 15.9. The van der Waals surface area contributed by atoms with Gasteiger partial charge in [-0.15, -0.1) is 0 Å². The predicted molar refractivity (Wildman–Crippen MR) is 32.2 cm³/mol. The molecular formula is C2H8NaO5P. The zero-order valence-electron chi connectivity index (χ0n) is 4.02. The van der Waals surface area contributed by atoms with Crippen LogP contribution in [0.5, 0.6) is 0 Å². The van der Waals surface area contributed by atoms with Crippen LogP contribution in [-0.2, 0) is 9.09 Å². The second-order valence-electron chi connectivity index (χ2n) is 1.05. The molecule has 0 spiro atoms. The van der Waals surface area contributed by atoms with Crippen molar-refractivity contribution in [2.45, 2.75) is 0 Å². The van der Waals surface area contributed by atoms with E-state index in [0.717, 1.165) is 0 Å². The van der Waals surface area contributed by atoms with Crippen LogP contribution in [0.3, 0.4) is 0 Å². The Hall–Kier alpha value is 1.07. The van der Waals surface area contributed by atoms with Gasteiger partial charge in [-0.1, -0.05) is 0 Å². The van der Waals surface area contributed by atoms with E-state index in [1.54, 1.807) is 0 Å². The third kappa shape index (κ3) is 12.3. The van der Waals surface area contributed by atoms with Gasteiger partial charge in [0.25, 0.3) is 0 Å². The van der Waals surface area contributed by atoms with Crippen LogP contribution in [0.4, 0.5) is 0 Å². The Bertz CT molecular complexity index is 99.1. The fourth-order valence-corrected chi connectivity index (χ4v) is 0.479. The summed E-state index contributed by atoms with van der Waals surface area (Å²) in [5, 5.41) is 7.96. The van der Waals surface area contributed by atoms with Crippen molar-refractivity contribution >= 4 is 37.4 Å². The van der Waals surface area contributed by atoms with Crippen LogP contribution in [0.25, 0.3) is 0 Å². The minimum absolute atomic E-state index is 0. The summed E-state index contributed by atoms with van der Waals surface area (Å²) in [6.07, 6.45) is 0. The first-order valence-electron chi connectivity index (χ1n) is 1.87. The first kappa shape index (κ1) is 12.7. The van der Waals surface area contributed by atoms with Crippen molar-refractivity contribution in [3.63, 3.8) is 0 Å². The molecular weight excluding hydrogens is 158 g/mol. The molecule has 0 fully saturated rings. The molecule has 0 aromatic rings. The minimum atomic E-state index is -4.34. The molecule has 0 saturated carbocycles. The second-order valence-corrected chi connectivity index (χ2v) is 2.29. The van der Waals surface area contributed by atoms with Crippen molar-refractivity contribution in [1.29, 1.82) is 0 Å². The van der Waals surface area contributed by atoms with E-state index < -0.39 is 7.82 Å². The van der Waals surface area contributed by atoms with Crippen LogP contribution in [0.15, 0.2) is 0 Å². The van der Waals surface area contributed by atoms with Gasteiger partial charge in [-0.2, -0.15) is 0 Å². The quantitative estimate of drug-likeness (QED) is 0.348. The molecule has 0 unspecified atom stereocenters. The van der Waals surface area contributed by atoms with Gasteiger partial charge < -0.3 is 14.9 Å². The molecule has 7 heteroatoms. The SMILES string of the molecule is O=P(O)(O)OCCO.[NaH]. The zero-order chi connectivity index (χ0) is 6.62. The van der Waals surface area contributed by atoms with Gasteiger partial charge in [0, 0.05) is 0 Å². The normalized spacial score (nSPS) is 10.6. The topological polar surface area (TPSA) is 87.0 Å². The standard InChI is InChI=1S/C2H7O5P.Na.H/c3-1-2-7-8(4,5)6;;/h3H,1-2H2,(H2,4,5,6);;. The van der Waals surface area contributed by atoms with Gasteiger partial charge in [-0.3, -0.25) is 4.52 Å². The van der Waals surface area contributed by atoms with Crippen LogP contribution >= 0.6 is 7.82 Å². The molecule has 0 aliphatic heterocycles. The maximum absolute atomic E-state index is 9.75. The van der Waals surface area contributed by atoms with Crippen molar-refractivity contribution in [3.05, 3.63) is 0 Å². The van der Waals surface area contributed by atoms with E-state index in [9.17, 15) is 4.57 Å². The van der Waals surface area contributed by atoms with Gasteiger partial charge in [-0.25, -0.2) is 4.57 Å². The van der Waals surface area contributed by atoms with E-state index in [2.05, 4.69) is 4.52 Å². The van der Waals surface area contributed by atoms with Crippen LogP contribution < -0.4 is 0 Å². The van der Waals surface area contributed by atoms with Crippen molar-refractivity contribution in [2.75, 3.05) is 13.2 Å². The molecule has 0 aliphatic carbocycles. The molecule has 0 rings (SSSR count). The molecule has 0 atom stereocenters. The number of hydrogen-bond acceptors (Lipinski definition) is 3. The molecule has 52 valence electrons. The Labute approximate surface area is 74.6 Å². The first-order valence-corrected chi connectivity index (χ1v) is 3.40. The molecule has 0 aromatic carbocycles. The molecule has 0 bridgehead atoms. The van der Waals surface area contributed by atoms with E-state index in [1.807, 2.05) is 0 Å². The molecule has 0 heterocycles. The van der Waals surface area contributed by atoms with E-state index in [0.29, 0.717) is 0 Å². The van der Waals surface area contributed by atoms with Crippen LogP contribution in [-0.4, -0.2) is 57.7 Å². The third-order valence-electron chi connectivity index (χ3n) is 0.351. The van der Waals surface area contributed by atoms with E-state index >= 15 is 0 Å². The second kappa shape index (κ2) is 5.82. The van der Waals surface area contributed by atoms with Gasteiger partial charge in [0.15, 0.2) is 0 Å². The zero-order valence-corrected chi connectivity index (χ0v) is 4.91. The number of phosphoric ester groups is 1. The summed E-state index contributed by atoms with van der Waals surface area (Å²) < 4.78 is 13.5. The number of rotatable bonds is 3. The van der Waals surface area contributed by atoms with Gasteiger partial charge in [-0.05, 0) is 0 Å². The predicted octanol–water partition coefficient (Wildman–Crippen LogP) is -1.56. The Morgan fingerprint density at radius 2 is 1.89 bits per heavy atom. The molecule has 0 aliphatic rings. The van der Waals surface area contributed by atoms with E-state index in [4.69, 9.17) is 14.9 Å². The maximum atomic E-state index is 9.75. The summed E-state index contributed by atoms with van der Waals surface area (Å²) in [6, 6.07) is 0. The van der Waals surface area contributed by atoms with E-state index in [1.165, 1.54) is 0 Å². The van der Waals surface area contributed by atoms with Crippen LogP contribution in [0.2, 0.25) is 0 Å². The van der Waals surface area contributed by atoms with Crippen molar-refractivity contribution in [3.8, 4) is 0 Å². The van der Waals surface area contributed by atoms with Gasteiger partial charge in [0.2, 0.25) is 0 Å². The number of aliphatic hydroxyl groups excluding tert-OH is 1. The van der Waals surface area contributed by atoms with Crippen molar-refractivity contribution in [1.82, 2.24) is 0 Å². The van der Waals surface area contributed by atoms with Crippen molar-refractivity contribution < 1.29 is 24.0 Å². The van der Waals surface area contributed by atoms with Gasteiger partial charge >= 0.3 is 37.4 Å². The van der Waals surface area contributed by atoms with Crippen LogP contribution in [0, 0.1) is 0 Å². The third-order valence-corrected chi connectivity index (χ3v) is 0.870. The van der Waals surface area contributed by atoms with Crippen molar-refractivity contribution in [2.24, 2.45) is 0 Å². The molecule has 9 heavy (non-hydrogen) atoms. The van der Waals surface area contributed by atoms with E-state index in [-0.39, 0.29) is 42.8 Å². The Kier molecular flexibility index (Phi) is 8.23. The molecule has 3 N–H and O–H groups in total. The monoisotopic (exact) mass is 166 g/mol. The van der Waals surface area contributed by atoms with Gasteiger partial charge in [0.1, 0.15) is 0 Å². The number of aliphatic hydroxyl groups is 1. The Morgan fingerprint density at radius 3 is 2.00 bits per heavy atom. The fourth-order valence-electron chi connectivity index (χ4n) is 0.160. The average Bonchev–Trinajstić information content (AvgIpc) is 1.59. The molecule has 0 radical (unpaired) electrons. The average molecular weight is 166 g/mol. The van der Waals surface area contributed by atoms with Gasteiger partial charge in [0.05, 0.1) is 13.2 Å². The Morgan fingerprint density at radius 1 is 1.44 bits per heavy atom. The summed E-state index contributed by atoms with van der Waals surface area (Å²) in [5.41, 5.74) is 0. The summed E-state index contributed by atoms with van der Waals surface area (Å²) in [6.45, 7) is -0.713. The molecule has 0 saturated heterocycles. The number of phosphoric acid groups is 1.